The van der Waals surface area contributed by atoms with E-state index in [1.807, 2.05) is 4.90 Å². The van der Waals surface area contributed by atoms with Gasteiger partial charge in [0.25, 0.3) is 0 Å². The van der Waals surface area contributed by atoms with Crippen molar-refractivity contribution < 1.29 is 9.90 Å². The zero-order chi connectivity index (χ0) is 12.1. The van der Waals surface area contributed by atoms with Crippen LogP contribution in [-0.4, -0.2) is 34.6 Å². The van der Waals surface area contributed by atoms with Crippen molar-refractivity contribution >= 4 is 5.97 Å². The van der Waals surface area contributed by atoms with Crippen molar-refractivity contribution in [3.8, 4) is 0 Å². The molecular formula is C12H25NO2. The van der Waals surface area contributed by atoms with E-state index in [0.717, 1.165) is 19.4 Å². The summed E-state index contributed by atoms with van der Waals surface area (Å²) in [4.78, 5) is 12.7. The number of hydrogen-bond donors (Lipinski definition) is 1. The molecule has 0 aliphatic heterocycles. The lowest BCUT2D eigenvalue weighted by Crippen LogP contribution is -2.44. The van der Waals surface area contributed by atoms with Crippen LogP contribution in [0.5, 0.6) is 0 Å². The third-order valence-electron chi connectivity index (χ3n) is 2.48. The van der Waals surface area contributed by atoms with Gasteiger partial charge in [-0.05, 0) is 46.1 Å². The standard InChI is InChI=1S/C12H25NO2/c1-10(2)7-6-8-13(9-11(14)15)12(3,4)5/h10H,6-9H2,1-5H3,(H,14,15). The maximum absolute atomic E-state index is 10.7. The molecule has 1 N–H and O–H groups in total. The van der Waals surface area contributed by atoms with Crippen LogP contribution in [-0.2, 0) is 4.79 Å². The molecule has 0 aromatic rings. The second-order valence-electron chi connectivity index (χ2n) is 5.52. The predicted molar refractivity (Wildman–Crippen MR) is 63.0 cm³/mol. The van der Waals surface area contributed by atoms with Crippen molar-refractivity contribution in [2.24, 2.45) is 5.92 Å². The number of carboxylic acids is 1. The molecule has 0 aliphatic rings. The molecule has 0 fully saturated rings. The van der Waals surface area contributed by atoms with Crippen molar-refractivity contribution in [1.29, 1.82) is 0 Å². The van der Waals surface area contributed by atoms with Gasteiger partial charge in [0.15, 0.2) is 0 Å². The van der Waals surface area contributed by atoms with Crippen molar-refractivity contribution in [3.05, 3.63) is 0 Å². The first-order valence-electron chi connectivity index (χ1n) is 5.70. The molecule has 0 saturated heterocycles. The fourth-order valence-electron chi connectivity index (χ4n) is 1.51. The molecule has 0 unspecified atom stereocenters. The zero-order valence-corrected chi connectivity index (χ0v) is 10.7. The molecule has 0 saturated carbocycles. The van der Waals surface area contributed by atoms with E-state index in [-0.39, 0.29) is 12.1 Å². The molecular weight excluding hydrogens is 190 g/mol. The van der Waals surface area contributed by atoms with Crippen molar-refractivity contribution in [1.82, 2.24) is 4.90 Å². The Morgan fingerprint density at radius 3 is 2.20 bits per heavy atom. The molecule has 0 radical (unpaired) electrons. The van der Waals surface area contributed by atoms with E-state index in [1.54, 1.807) is 0 Å². The summed E-state index contributed by atoms with van der Waals surface area (Å²) < 4.78 is 0. The molecule has 0 atom stereocenters. The summed E-state index contributed by atoms with van der Waals surface area (Å²) in [5.41, 5.74) is -0.0601. The van der Waals surface area contributed by atoms with Gasteiger partial charge in [0.1, 0.15) is 0 Å². The Morgan fingerprint density at radius 1 is 1.33 bits per heavy atom. The zero-order valence-electron chi connectivity index (χ0n) is 10.7. The minimum absolute atomic E-state index is 0.0601. The van der Waals surface area contributed by atoms with E-state index in [4.69, 9.17) is 5.11 Å². The van der Waals surface area contributed by atoms with Gasteiger partial charge in [0.2, 0.25) is 0 Å². The summed E-state index contributed by atoms with van der Waals surface area (Å²) in [5, 5.41) is 8.81. The molecule has 0 heterocycles. The van der Waals surface area contributed by atoms with Crippen LogP contribution in [0.2, 0.25) is 0 Å². The van der Waals surface area contributed by atoms with Crippen molar-refractivity contribution in [2.45, 2.75) is 53.0 Å². The lowest BCUT2D eigenvalue weighted by molar-refractivity contribution is -0.139. The van der Waals surface area contributed by atoms with Crippen LogP contribution >= 0.6 is 0 Å². The Hall–Kier alpha value is -0.570. The van der Waals surface area contributed by atoms with Gasteiger partial charge in [-0.15, -0.1) is 0 Å². The van der Waals surface area contributed by atoms with Gasteiger partial charge in [0, 0.05) is 5.54 Å². The summed E-state index contributed by atoms with van der Waals surface area (Å²) in [6.45, 7) is 11.6. The van der Waals surface area contributed by atoms with Crippen LogP contribution in [0.1, 0.15) is 47.5 Å². The first kappa shape index (κ1) is 14.4. The number of nitrogens with zero attached hydrogens (tertiary/aromatic N) is 1. The summed E-state index contributed by atoms with van der Waals surface area (Å²) in [7, 11) is 0. The van der Waals surface area contributed by atoms with E-state index in [2.05, 4.69) is 34.6 Å². The van der Waals surface area contributed by atoms with Crippen LogP contribution in [0.4, 0.5) is 0 Å². The molecule has 90 valence electrons. The Bertz CT molecular complexity index is 194. The Morgan fingerprint density at radius 2 is 1.87 bits per heavy atom. The molecule has 15 heavy (non-hydrogen) atoms. The highest BCUT2D eigenvalue weighted by molar-refractivity contribution is 5.69. The number of carbonyl (C=O) groups is 1. The summed E-state index contributed by atoms with van der Waals surface area (Å²) in [5.74, 6) is -0.0499. The van der Waals surface area contributed by atoms with Crippen LogP contribution in [0.3, 0.4) is 0 Å². The minimum Gasteiger partial charge on any atom is -0.480 e. The topological polar surface area (TPSA) is 40.5 Å². The third-order valence-corrected chi connectivity index (χ3v) is 2.48. The van der Waals surface area contributed by atoms with Gasteiger partial charge in [-0.25, -0.2) is 0 Å². The maximum atomic E-state index is 10.7. The molecule has 0 spiro atoms. The Labute approximate surface area is 93.5 Å². The highest BCUT2D eigenvalue weighted by Gasteiger charge is 2.22. The highest BCUT2D eigenvalue weighted by atomic mass is 16.4. The molecule has 0 aromatic heterocycles. The van der Waals surface area contributed by atoms with Crippen LogP contribution in [0.15, 0.2) is 0 Å². The van der Waals surface area contributed by atoms with Crippen LogP contribution in [0, 0.1) is 5.92 Å². The molecule has 0 amide bonds. The first-order valence-corrected chi connectivity index (χ1v) is 5.70. The smallest absolute Gasteiger partial charge is 0.317 e. The van der Waals surface area contributed by atoms with Crippen LogP contribution < -0.4 is 0 Å². The monoisotopic (exact) mass is 215 g/mol. The average Bonchev–Trinajstić information content (AvgIpc) is 1.99. The number of hydrogen-bond acceptors (Lipinski definition) is 2. The molecule has 0 aliphatic carbocycles. The van der Waals surface area contributed by atoms with E-state index >= 15 is 0 Å². The number of rotatable bonds is 6. The Kier molecular flexibility index (Phi) is 5.88. The molecule has 0 rings (SSSR count). The van der Waals surface area contributed by atoms with E-state index in [1.165, 1.54) is 0 Å². The van der Waals surface area contributed by atoms with Gasteiger partial charge < -0.3 is 5.11 Å². The Balaban J connectivity index is 4.09. The highest BCUT2D eigenvalue weighted by Crippen LogP contribution is 2.15. The van der Waals surface area contributed by atoms with Gasteiger partial charge in [-0.1, -0.05) is 13.8 Å². The average molecular weight is 215 g/mol. The van der Waals surface area contributed by atoms with Gasteiger partial charge >= 0.3 is 5.97 Å². The molecule has 3 heteroatoms. The number of carboxylic acid groups (broad SMARTS) is 1. The summed E-state index contributed by atoms with van der Waals surface area (Å²) in [6.07, 6.45) is 2.23. The second-order valence-corrected chi connectivity index (χ2v) is 5.52. The van der Waals surface area contributed by atoms with Crippen molar-refractivity contribution in [2.75, 3.05) is 13.1 Å². The fourth-order valence-corrected chi connectivity index (χ4v) is 1.51. The fraction of sp³-hybridized carbons (Fsp3) is 0.917. The largest absolute Gasteiger partial charge is 0.480 e. The third kappa shape index (κ3) is 7.37. The van der Waals surface area contributed by atoms with Crippen LogP contribution in [0.25, 0.3) is 0 Å². The summed E-state index contributed by atoms with van der Waals surface area (Å²) >= 11 is 0. The predicted octanol–water partition coefficient (Wildman–Crippen LogP) is 2.61. The lowest BCUT2D eigenvalue weighted by Gasteiger charge is -2.34. The second kappa shape index (κ2) is 6.11. The van der Waals surface area contributed by atoms with E-state index in [0.29, 0.717) is 5.92 Å². The van der Waals surface area contributed by atoms with Crippen molar-refractivity contribution in [3.63, 3.8) is 0 Å². The van der Waals surface area contributed by atoms with Gasteiger partial charge in [0.05, 0.1) is 6.54 Å². The van der Waals surface area contributed by atoms with E-state index in [9.17, 15) is 4.79 Å². The van der Waals surface area contributed by atoms with E-state index < -0.39 is 5.97 Å². The SMILES string of the molecule is CC(C)CCCN(CC(=O)O)C(C)(C)C. The van der Waals surface area contributed by atoms with Gasteiger partial charge in [-0.3, -0.25) is 9.69 Å². The molecule has 3 nitrogen and oxygen atoms in total. The van der Waals surface area contributed by atoms with Gasteiger partial charge in [-0.2, -0.15) is 0 Å². The molecule has 0 bridgehead atoms. The normalized spacial score (nSPS) is 12.5. The first-order chi connectivity index (χ1) is 6.73. The maximum Gasteiger partial charge on any atom is 0.317 e. The number of aliphatic carboxylic acids is 1. The quantitative estimate of drug-likeness (QED) is 0.740. The lowest BCUT2D eigenvalue weighted by atomic mass is 10.0. The summed E-state index contributed by atoms with van der Waals surface area (Å²) in [6, 6.07) is 0. The minimum atomic E-state index is -0.741. The molecule has 0 aromatic carbocycles.